The van der Waals surface area contributed by atoms with Gasteiger partial charge in [0, 0.05) is 19.5 Å². The summed E-state index contributed by atoms with van der Waals surface area (Å²) in [5, 5.41) is 10.9. The highest BCUT2D eigenvalue weighted by molar-refractivity contribution is 7.15. The molecule has 0 radical (unpaired) electrons. The van der Waals surface area contributed by atoms with Gasteiger partial charge in [0.25, 0.3) is 0 Å². The van der Waals surface area contributed by atoms with E-state index in [0.29, 0.717) is 0 Å². The van der Waals surface area contributed by atoms with Crippen molar-refractivity contribution in [2.45, 2.75) is 39.0 Å². The van der Waals surface area contributed by atoms with Crippen LogP contribution in [-0.2, 0) is 12.8 Å². The maximum absolute atomic E-state index is 5.32. The molecule has 0 N–H and O–H groups in total. The van der Waals surface area contributed by atoms with E-state index in [1.54, 1.807) is 18.4 Å². The third kappa shape index (κ3) is 4.22. The Morgan fingerprint density at radius 1 is 1.26 bits per heavy atom. The van der Waals surface area contributed by atoms with Crippen LogP contribution in [0, 0.1) is 5.92 Å². The normalized spacial score (nSPS) is 15.8. The van der Waals surface area contributed by atoms with E-state index in [1.165, 1.54) is 23.4 Å². The molecule has 0 amide bonds. The standard InChI is InChI=1S/C18H25N3OS/c1-3-5-17-19-20-18(23-17)21-10-8-14(9-11-21)12-15-6-4-7-16(13-15)22-2/h4,6-7,13-14H,3,5,8-12H2,1-2H3. The van der Waals surface area contributed by atoms with Gasteiger partial charge in [-0.15, -0.1) is 10.2 Å². The lowest BCUT2D eigenvalue weighted by Crippen LogP contribution is -2.34. The number of methoxy groups -OCH3 is 1. The second kappa shape index (κ2) is 7.77. The van der Waals surface area contributed by atoms with Gasteiger partial charge in [0.1, 0.15) is 10.8 Å². The average Bonchev–Trinajstić information content (AvgIpc) is 3.05. The highest BCUT2D eigenvalue weighted by Gasteiger charge is 2.22. The molecule has 1 aliphatic rings. The van der Waals surface area contributed by atoms with E-state index in [1.807, 2.05) is 6.07 Å². The van der Waals surface area contributed by atoms with Crippen LogP contribution in [0.4, 0.5) is 5.13 Å². The summed E-state index contributed by atoms with van der Waals surface area (Å²) < 4.78 is 5.32. The van der Waals surface area contributed by atoms with Crippen LogP contribution < -0.4 is 9.64 Å². The molecule has 0 atom stereocenters. The van der Waals surface area contributed by atoms with Gasteiger partial charge >= 0.3 is 0 Å². The summed E-state index contributed by atoms with van der Waals surface area (Å²) in [7, 11) is 1.73. The van der Waals surface area contributed by atoms with E-state index >= 15 is 0 Å². The lowest BCUT2D eigenvalue weighted by Gasteiger charge is -2.31. The van der Waals surface area contributed by atoms with Crippen molar-refractivity contribution in [1.29, 1.82) is 0 Å². The van der Waals surface area contributed by atoms with Crippen molar-refractivity contribution in [1.82, 2.24) is 10.2 Å². The molecule has 1 aromatic heterocycles. The number of hydrogen-bond donors (Lipinski definition) is 0. The lowest BCUT2D eigenvalue weighted by atomic mass is 9.90. The molecular weight excluding hydrogens is 306 g/mol. The Labute approximate surface area is 142 Å². The molecule has 0 bridgehead atoms. The van der Waals surface area contributed by atoms with Crippen LogP contribution in [0.5, 0.6) is 5.75 Å². The van der Waals surface area contributed by atoms with Crippen LogP contribution in [-0.4, -0.2) is 30.4 Å². The van der Waals surface area contributed by atoms with Crippen molar-refractivity contribution in [3.05, 3.63) is 34.8 Å². The van der Waals surface area contributed by atoms with Crippen molar-refractivity contribution < 1.29 is 4.74 Å². The molecule has 0 aliphatic carbocycles. The molecule has 3 rings (SSSR count). The van der Waals surface area contributed by atoms with Crippen LogP contribution in [0.2, 0.25) is 0 Å². The lowest BCUT2D eigenvalue weighted by molar-refractivity contribution is 0.398. The van der Waals surface area contributed by atoms with Gasteiger partial charge in [0.2, 0.25) is 5.13 Å². The Hall–Kier alpha value is -1.62. The van der Waals surface area contributed by atoms with Gasteiger partial charge in [-0.25, -0.2) is 0 Å². The molecule has 1 saturated heterocycles. The third-order valence-corrected chi connectivity index (χ3v) is 5.51. The monoisotopic (exact) mass is 331 g/mol. The number of aromatic nitrogens is 2. The number of nitrogens with zero attached hydrogens (tertiary/aromatic N) is 3. The van der Waals surface area contributed by atoms with Crippen LogP contribution >= 0.6 is 11.3 Å². The molecule has 0 spiro atoms. The topological polar surface area (TPSA) is 38.2 Å². The first-order valence-electron chi connectivity index (χ1n) is 8.48. The van der Waals surface area contributed by atoms with Gasteiger partial charge < -0.3 is 9.64 Å². The van der Waals surface area contributed by atoms with Crippen molar-refractivity contribution in [3.8, 4) is 5.75 Å². The number of benzene rings is 1. The summed E-state index contributed by atoms with van der Waals surface area (Å²) in [6, 6.07) is 8.46. The molecule has 0 unspecified atom stereocenters. The van der Waals surface area contributed by atoms with Gasteiger partial charge in [-0.2, -0.15) is 0 Å². The van der Waals surface area contributed by atoms with E-state index in [0.717, 1.165) is 49.2 Å². The average molecular weight is 331 g/mol. The van der Waals surface area contributed by atoms with Crippen molar-refractivity contribution in [2.24, 2.45) is 5.92 Å². The van der Waals surface area contributed by atoms with E-state index < -0.39 is 0 Å². The van der Waals surface area contributed by atoms with E-state index in [2.05, 4.69) is 40.2 Å². The summed E-state index contributed by atoms with van der Waals surface area (Å²) in [6.07, 6.45) is 5.77. The molecule has 23 heavy (non-hydrogen) atoms. The number of hydrogen-bond acceptors (Lipinski definition) is 5. The number of anilines is 1. The highest BCUT2D eigenvalue weighted by Crippen LogP contribution is 2.28. The minimum absolute atomic E-state index is 0.751. The van der Waals surface area contributed by atoms with Gasteiger partial charge in [0.05, 0.1) is 7.11 Å². The summed E-state index contributed by atoms with van der Waals surface area (Å²) >= 11 is 1.76. The Morgan fingerprint density at radius 2 is 2.09 bits per heavy atom. The summed E-state index contributed by atoms with van der Waals surface area (Å²) in [4.78, 5) is 2.40. The van der Waals surface area contributed by atoms with E-state index in [-0.39, 0.29) is 0 Å². The first-order chi connectivity index (χ1) is 11.3. The van der Waals surface area contributed by atoms with Gasteiger partial charge in [0.15, 0.2) is 0 Å². The molecule has 4 nitrogen and oxygen atoms in total. The Morgan fingerprint density at radius 3 is 2.83 bits per heavy atom. The Balaban J connectivity index is 1.53. The molecule has 0 saturated carbocycles. The van der Waals surface area contributed by atoms with Crippen LogP contribution in [0.3, 0.4) is 0 Å². The zero-order valence-electron chi connectivity index (χ0n) is 14.0. The largest absolute Gasteiger partial charge is 0.497 e. The fourth-order valence-electron chi connectivity index (χ4n) is 3.15. The summed E-state index contributed by atoms with van der Waals surface area (Å²) in [6.45, 7) is 4.37. The van der Waals surface area contributed by atoms with Crippen molar-refractivity contribution in [2.75, 3.05) is 25.1 Å². The summed E-state index contributed by atoms with van der Waals surface area (Å²) in [5.74, 6) is 1.71. The van der Waals surface area contributed by atoms with Crippen LogP contribution in [0.25, 0.3) is 0 Å². The molecule has 2 aromatic rings. The fraction of sp³-hybridized carbons (Fsp3) is 0.556. The Bertz CT molecular complexity index is 620. The van der Waals surface area contributed by atoms with Crippen molar-refractivity contribution >= 4 is 16.5 Å². The quantitative estimate of drug-likeness (QED) is 0.803. The van der Waals surface area contributed by atoms with Gasteiger partial charge in [-0.05, 0) is 49.3 Å². The third-order valence-electron chi connectivity index (χ3n) is 4.46. The molecule has 5 heteroatoms. The van der Waals surface area contributed by atoms with E-state index in [9.17, 15) is 0 Å². The second-order valence-corrected chi connectivity index (χ2v) is 7.25. The number of piperidine rings is 1. The highest BCUT2D eigenvalue weighted by atomic mass is 32.1. The number of ether oxygens (including phenoxy) is 1. The zero-order chi connectivity index (χ0) is 16.1. The smallest absolute Gasteiger partial charge is 0.208 e. The van der Waals surface area contributed by atoms with Crippen molar-refractivity contribution in [3.63, 3.8) is 0 Å². The first kappa shape index (κ1) is 16.2. The number of rotatable bonds is 6. The Kier molecular flexibility index (Phi) is 5.49. The number of aryl methyl sites for hydroxylation is 1. The molecule has 2 heterocycles. The predicted molar refractivity (Wildman–Crippen MR) is 95.5 cm³/mol. The zero-order valence-corrected chi connectivity index (χ0v) is 14.8. The second-order valence-electron chi connectivity index (χ2n) is 6.21. The molecule has 1 fully saturated rings. The molecular formula is C18H25N3OS. The fourth-order valence-corrected chi connectivity index (χ4v) is 4.14. The molecule has 124 valence electrons. The molecule has 1 aliphatic heterocycles. The maximum atomic E-state index is 5.32. The first-order valence-corrected chi connectivity index (χ1v) is 9.30. The molecule has 1 aromatic carbocycles. The minimum atomic E-state index is 0.751. The van der Waals surface area contributed by atoms with Crippen LogP contribution in [0.15, 0.2) is 24.3 Å². The van der Waals surface area contributed by atoms with Gasteiger partial charge in [-0.3, -0.25) is 0 Å². The van der Waals surface area contributed by atoms with E-state index in [4.69, 9.17) is 4.74 Å². The van der Waals surface area contributed by atoms with Gasteiger partial charge in [-0.1, -0.05) is 30.4 Å². The summed E-state index contributed by atoms with van der Waals surface area (Å²) in [5.41, 5.74) is 1.38. The maximum Gasteiger partial charge on any atom is 0.208 e. The SMILES string of the molecule is CCCc1nnc(N2CCC(Cc3cccc(OC)c3)CC2)s1. The van der Waals surface area contributed by atoms with Crippen LogP contribution in [0.1, 0.15) is 36.8 Å². The minimum Gasteiger partial charge on any atom is -0.497 e. The predicted octanol–water partition coefficient (Wildman–Crippen LogP) is 3.96.